The van der Waals surface area contributed by atoms with Crippen LogP contribution in [0.4, 0.5) is 0 Å². The summed E-state index contributed by atoms with van der Waals surface area (Å²) in [6.45, 7) is 3.13. The van der Waals surface area contributed by atoms with Crippen LogP contribution in [0.2, 0.25) is 0 Å². The molecule has 0 saturated carbocycles. The van der Waals surface area contributed by atoms with Crippen LogP contribution in [-0.4, -0.2) is 39.7 Å². The molecule has 1 amide bonds. The maximum atomic E-state index is 12.2. The van der Waals surface area contributed by atoms with E-state index >= 15 is 0 Å². The molecule has 1 aromatic heterocycles. The number of aliphatic hydroxyl groups is 1. The summed E-state index contributed by atoms with van der Waals surface area (Å²) in [5.74, 6) is 0.0869. The summed E-state index contributed by atoms with van der Waals surface area (Å²) in [5, 5.41) is 9.62. The predicted molar refractivity (Wildman–Crippen MR) is 71.7 cm³/mol. The van der Waals surface area contributed by atoms with Crippen LogP contribution in [0.3, 0.4) is 0 Å². The summed E-state index contributed by atoms with van der Waals surface area (Å²) in [7, 11) is 0. The van der Waals surface area contributed by atoms with Gasteiger partial charge in [-0.2, -0.15) is 0 Å². The number of hydrogen-bond acceptors (Lipinski definition) is 3. The molecule has 19 heavy (non-hydrogen) atoms. The molecular formula is C14H20N2O3. The lowest BCUT2D eigenvalue weighted by Gasteiger charge is -2.34. The summed E-state index contributed by atoms with van der Waals surface area (Å²) >= 11 is 0. The first-order chi connectivity index (χ1) is 9.08. The van der Waals surface area contributed by atoms with Gasteiger partial charge in [0.1, 0.15) is 6.54 Å². The van der Waals surface area contributed by atoms with Crippen molar-refractivity contribution in [3.8, 4) is 0 Å². The molecule has 1 saturated heterocycles. The molecule has 0 bridgehead atoms. The number of likely N-dealkylation sites (tertiary alicyclic amines) is 1. The fraction of sp³-hybridized carbons (Fsp3) is 0.571. The lowest BCUT2D eigenvalue weighted by atomic mass is 9.93. The van der Waals surface area contributed by atoms with E-state index in [2.05, 4.69) is 0 Å². The number of piperidine rings is 1. The number of aromatic nitrogens is 1. The Bertz CT molecular complexity index is 495. The second kappa shape index (κ2) is 6.02. The van der Waals surface area contributed by atoms with Gasteiger partial charge in [0.2, 0.25) is 5.91 Å². The van der Waals surface area contributed by atoms with Crippen molar-refractivity contribution in [3.05, 3.63) is 34.7 Å². The van der Waals surface area contributed by atoms with Crippen LogP contribution in [0.25, 0.3) is 0 Å². The molecule has 1 aromatic rings. The van der Waals surface area contributed by atoms with Gasteiger partial charge in [0.05, 0.1) is 6.10 Å². The van der Waals surface area contributed by atoms with Crippen LogP contribution >= 0.6 is 0 Å². The van der Waals surface area contributed by atoms with Crippen molar-refractivity contribution >= 4 is 5.91 Å². The van der Waals surface area contributed by atoms with Gasteiger partial charge in [0.15, 0.2) is 0 Å². The molecule has 2 heterocycles. The highest BCUT2D eigenvalue weighted by Crippen LogP contribution is 2.19. The standard InChI is InChI=1S/C14H20N2O3/c1-11(17)12-5-4-8-15(9-12)14(19)10-16-7-3-2-6-13(16)18/h2-3,6-7,11-12,17H,4-5,8-10H2,1H3. The SMILES string of the molecule is CC(O)C1CCCN(C(=O)Cn2ccccc2=O)C1. The third kappa shape index (κ3) is 3.44. The second-order valence-corrected chi connectivity index (χ2v) is 5.15. The van der Waals surface area contributed by atoms with Crippen molar-refractivity contribution in [2.24, 2.45) is 5.92 Å². The smallest absolute Gasteiger partial charge is 0.250 e. The minimum Gasteiger partial charge on any atom is -0.393 e. The number of amides is 1. The monoisotopic (exact) mass is 264 g/mol. The van der Waals surface area contributed by atoms with Gasteiger partial charge in [0, 0.05) is 31.3 Å². The van der Waals surface area contributed by atoms with Crippen molar-refractivity contribution in [2.45, 2.75) is 32.4 Å². The van der Waals surface area contributed by atoms with Gasteiger partial charge in [-0.25, -0.2) is 0 Å². The first-order valence-corrected chi connectivity index (χ1v) is 6.69. The zero-order valence-electron chi connectivity index (χ0n) is 11.2. The Morgan fingerprint density at radius 1 is 1.53 bits per heavy atom. The Morgan fingerprint density at radius 2 is 2.32 bits per heavy atom. The Kier molecular flexibility index (Phi) is 4.37. The molecule has 2 atom stereocenters. The summed E-state index contributed by atoms with van der Waals surface area (Å²) < 4.78 is 1.41. The average molecular weight is 264 g/mol. The van der Waals surface area contributed by atoms with E-state index in [0.717, 1.165) is 12.8 Å². The van der Waals surface area contributed by atoms with E-state index in [1.807, 2.05) is 0 Å². The molecule has 0 aliphatic carbocycles. The van der Waals surface area contributed by atoms with Crippen molar-refractivity contribution < 1.29 is 9.90 Å². The molecule has 0 spiro atoms. The van der Waals surface area contributed by atoms with Gasteiger partial charge in [-0.3, -0.25) is 9.59 Å². The van der Waals surface area contributed by atoms with Gasteiger partial charge in [0.25, 0.3) is 5.56 Å². The number of nitrogens with zero attached hydrogens (tertiary/aromatic N) is 2. The Morgan fingerprint density at radius 3 is 3.00 bits per heavy atom. The maximum absolute atomic E-state index is 12.2. The number of pyridine rings is 1. The summed E-state index contributed by atoms with van der Waals surface area (Å²) in [6.07, 6.45) is 3.09. The second-order valence-electron chi connectivity index (χ2n) is 5.15. The third-order valence-corrected chi connectivity index (χ3v) is 3.70. The van der Waals surface area contributed by atoms with E-state index in [1.54, 1.807) is 30.2 Å². The highest BCUT2D eigenvalue weighted by atomic mass is 16.3. The maximum Gasteiger partial charge on any atom is 0.250 e. The topological polar surface area (TPSA) is 62.5 Å². The first kappa shape index (κ1) is 13.8. The summed E-state index contributed by atoms with van der Waals surface area (Å²) in [5.41, 5.74) is -0.167. The lowest BCUT2D eigenvalue weighted by Crippen LogP contribution is -2.44. The van der Waals surface area contributed by atoms with Crippen molar-refractivity contribution in [1.82, 2.24) is 9.47 Å². The largest absolute Gasteiger partial charge is 0.393 e. The number of hydrogen-bond donors (Lipinski definition) is 1. The average Bonchev–Trinajstić information content (AvgIpc) is 2.41. The van der Waals surface area contributed by atoms with Crippen molar-refractivity contribution in [3.63, 3.8) is 0 Å². The fourth-order valence-corrected chi connectivity index (χ4v) is 2.47. The van der Waals surface area contributed by atoms with Gasteiger partial charge < -0.3 is 14.6 Å². The molecule has 1 N–H and O–H groups in total. The molecule has 5 heteroatoms. The number of carbonyl (C=O) groups is 1. The molecule has 1 aliphatic heterocycles. The van der Waals surface area contributed by atoms with Crippen LogP contribution in [0.15, 0.2) is 29.2 Å². The number of aliphatic hydroxyl groups excluding tert-OH is 1. The molecule has 1 aliphatic rings. The fourth-order valence-electron chi connectivity index (χ4n) is 2.47. The van der Waals surface area contributed by atoms with Crippen molar-refractivity contribution in [2.75, 3.05) is 13.1 Å². The minimum atomic E-state index is -0.393. The van der Waals surface area contributed by atoms with E-state index in [9.17, 15) is 14.7 Å². The zero-order chi connectivity index (χ0) is 13.8. The van der Waals surface area contributed by atoms with Gasteiger partial charge >= 0.3 is 0 Å². The Labute approximate surface area is 112 Å². The molecule has 0 radical (unpaired) electrons. The van der Waals surface area contributed by atoms with Crippen LogP contribution in [0.1, 0.15) is 19.8 Å². The van der Waals surface area contributed by atoms with Gasteiger partial charge in [-0.15, -0.1) is 0 Å². The van der Waals surface area contributed by atoms with E-state index in [4.69, 9.17) is 0 Å². The summed E-state index contributed by atoms with van der Waals surface area (Å²) in [4.78, 5) is 25.5. The molecule has 0 aromatic carbocycles. The number of carbonyl (C=O) groups excluding carboxylic acids is 1. The third-order valence-electron chi connectivity index (χ3n) is 3.70. The van der Waals surface area contributed by atoms with Crippen LogP contribution < -0.4 is 5.56 Å². The van der Waals surface area contributed by atoms with Crippen LogP contribution in [0.5, 0.6) is 0 Å². The van der Waals surface area contributed by atoms with Crippen molar-refractivity contribution in [1.29, 1.82) is 0 Å². The van der Waals surface area contributed by atoms with E-state index in [-0.39, 0.29) is 23.9 Å². The zero-order valence-corrected chi connectivity index (χ0v) is 11.2. The van der Waals surface area contributed by atoms with E-state index in [1.165, 1.54) is 10.6 Å². The quantitative estimate of drug-likeness (QED) is 0.863. The highest BCUT2D eigenvalue weighted by molar-refractivity contribution is 5.76. The Hall–Kier alpha value is -1.62. The molecule has 104 valence electrons. The molecule has 1 fully saturated rings. The lowest BCUT2D eigenvalue weighted by molar-refractivity contribution is -0.134. The van der Waals surface area contributed by atoms with Gasteiger partial charge in [-0.1, -0.05) is 6.07 Å². The Balaban J connectivity index is 2.00. The van der Waals surface area contributed by atoms with Crippen LogP contribution in [-0.2, 0) is 11.3 Å². The van der Waals surface area contributed by atoms with E-state index in [0.29, 0.717) is 13.1 Å². The van der Waals surface area contributed by atoms with Crippen LogP contribution in [0, 0.1) is 5.92 Å². The number of rotatable bonds is 3. The molecule has 2 rings (SSSR count). The minimum absolute atomic E-state index is 0.0568. The van der Waals surface area contributed by atoms with Gasteiger partial charge in [-0.05, 0) is 25.8 Å². The predicted octanol–water partition coefficient (Wildman–Crippen LogP) is 0.468. The molecular weight excluding hydrogens is 244 g/mol. The normalized spacial score (nSPS) is 21.2. The first-order valence-electron chi connectivity index (χ1n) is 6.69. The molecule has 5 nitrogen and oxygen atoms in total. The highest BCUT2D eigenvalue weighted by Gasteiger charge is 2.26. The van der Waals surface area contributed by atoms with E-state index < -0.39 is 6.10 Å². The summed E-state index contributed by atoms with van der Waals surface area (Å²) in [6, 6.07) is 4.85. The molecule has 2 unspecified atom stereocenters.